The van der Waals surface area contributed by atoms with E-state index in [2.05, 4.69) is 0 Å². The first-order chi connectivity index (χ1) is 7.17. The minimum Gasteiger partial charge on any atom is -0.493 e. The van der Waals surface area contributed by atoms with E-state index in [1.807, 2.05) is 0 Å². The van der Waals surface area contributed by atoms with Crippen molar-refractivity contribution in [3.8, 4) is 11.5 Å². The number of carboxylic acid groups (broad SMARTS) is 1. The molecule has 1 N–H and O–H groups in total. The van der Waals surface area contributed by atoms with Gasteiger partial charge in [0.1, 0.15) is 0 Å². The van der Waals surface area contributed by atoms with Crippen LogP contribution in [0.4, 0.5) is 0 Å². The van der Waals surface area contributed by atoms with Gasteiger partial charge < -0.3 is 14.6 Å². The van der Waals surface area contributed by atoms with Crippen molar-refractivity contribution in [1.29, 1.82) is 0 Å². The molecule has 0 saturated heterocycles. The van der Waals surface area contributed by atoms with Crippen LogP contribution in [0.1, 0.15) is 0 Å². The lowest BCUT2D eigenvalue weighted by Crippen LogP contribution is -1.97. The molecule has 0 bridgehead atoms. The fourth-order valence-corrected chi connectivity index (χ4v) is 1.70. The number of carbonyl (C=O) groups is 1. The molecule has 0 radical (unpaired) electrons. The first kappa shape index (κ1) is 11.7. The van der Waals surface area contributed by atoms with E-state index in [9.17, 15) is 4.79 Å². The zero-order valence-corrected chi connectivity index (χ0v) is 9.34. The van der Waals surface area contributed by atoms with Gasteiger partial charge in [-0.15, -0.1) is 11.8 Å². The van der Waals surface area contributed by atoms with Crippen LogP contribution < -0.4 is 9.47 Å². The predicted molar refractivity (Wildman–Crippen MR) is 57.9 cm³/mol. The van der Waals surface area contributed by atoms with Gasteiger partial charge in [-0.05, 0) is 18.2 Å². The zero-order valence-electron chi connectivity index (χ0n) is 8.52. The molecular formula is C10H12O4S. The van der Waals surface area contributed by atoms with Crippen LogP contribution in [-0.2, 0) is 4.79 Å². The molecule has 0 aliphatic rings. The molecule has 0 amide bonds. The molecule has 0 atom stereocenters. The van der Waals surface area contributed by atoms with Gasteiger partial charge in [0.25, 0.3) is 0 Å². The molecule has 0 aromatic heterocycles. The lowest BCUT2D eigenvalue weighted by atomic mass is 10.3. The summed E-state index contributed by atoms with van der Waals surface area (Å²) in [6, 6.07) is 5.31. The predicted octanol–water partition coefficient (Wildman–Crippen LogP) is 1.88. The first-order valence-corrected chi connectivity index (χ1v) is 5.22. The maximum Gasteiger partial charge on any atom is 0.313 e. The Kier molecular flexibility index (Phi) is 4.30. The van der Waals surface area contributed by atoms with Gasteiger partial charge in [-0.1, -0.05) is 0 Å². The zero-order chi connectivity index (χ0) is 11.3. The third-order valence-electron chi connectivity index (χ3n) is 1.72. The van der Waals surface area contributed by atoms with Gasteiger partial charge in [0, 0.05) is 4.90 Å². The van der Waals surface area contributed by atoms with E-state index in [1.165, 1.54) is 11.8 Å². The highest BCUT2D eigenvalue weighted by Gasteiger charge is 2.06. The minimum absolute atomic E-state index is 0.0372. The minimum atomic E-state index is -0.838. The number of methoxy groups -OCH3 is 2. The molecule has 1 aromatic rings. The molecule has 0 aliphatic carbocycles. The second kappa shape index (κ2) is 5.50. The largest absolute Gasteiger partial charge is 0.493 e. The third kappa shape index (κ3) is 3.36. The van der Waals surface area contributed by atoms with Gasteiger partial charge in [0.15, 0.2) is 11.5 Å². The maximum atomic E-state index is 10.4. The molecule has 82 valence electrons. The van der Waals surface area contributed by atoms with Gasteiger partial charge in [0.2, 0.25) is 0 Å². The van der Waals surface area contributed by atoms with E-state index < -0.39 is 5.97 Å². The second-order valence-corrected chi connectivity index (χ2v) is 3.75. The molecule has 0 heterocycles. The van der Waals surface area contributed by atoms with E-state index in [0.717, 1.165) is 4.90 Å². The van der Waals surface area contributed by atoms with Crippen LogP contribution in [-0.4, -0.2) is 31.0 Å². The molecule has 0 saturated carbocycles. The van der Waals surface area contributed by atoms with Crippen molar-refractivity contribution in [3.05, 3.63) is 18.2 Å². The van der Waals surface area contributed by atoms with Crippen LogP contribution in [0.15, 0.2) is 23.1 Å². The van der Waals surface area contributed by atoms with Crippen LogP contribution >= 0.6 is 11.8 Å². The molecule has 5 heteroatoms. The van der Waals surface area contributed by atoms with Gasteiger partial charge in [-0.3, -0.25) is 4.79 Å². The number of hydrogen-bond acceptors (Lipinski definition) is 4. The van der Waals surface area contributed by atoms with Crippen LogP contribution in [0.2, 0.25) is 0 Å². The standard InChI is InChI=1S/C10H12O4S/c1-13-8-4-3-7(5-9(8)14-2)15-6-10(11)12/h3-5H,6H2,1-2H3,(H,11,12). The monoisotopic (exact) mass is 228 g/mol. The van der Waals surface area contributed by atoms with Crippen molar-refractivity contribution in [3.63, 3.8) is 0 Å². The van der Waals surface area contributed by atoms with Crippen molar-refractivity contribution in [2.24, 2.45) is 0 Å². The Hall–Kier alpha value is -1.36. The van der Waals surface area contributed by atoms with Crippen molar-refractivity contribution in [2.45, 2.75) is 4.90 Å². The number of rotatable bonds is 5. The molecule has 15 heavy (non-hydrogen) atoms. The van der Waals surface area contributed by atoms with Crippen molar-refractivity contribution in [1.82, 2.24) is 0 Å². The highest BCUT2D eigenvalue weighted by molar-refractivity contribution is 8.00. The summed E-state index contributed by atoms with van der Waals surface area (Å²) >= 11 is 1.24. The normalized spacial score (nSPS) is 9.73. The average molecular weight is 228 g/mol. The number of carboxylic acids is 1. The summed E-state index contributed by atoms with van der Waals surface area (Å²) in [6.07, 6.45) is 0. The SMILES string of the molecule is COc1ccc(SCC(=O)O)cc1OC. The number of ether oxygens (including phenoxy) is 2. The van der Waals surface area contributed by atoms with E-state index >= 15 is 0 Å². The van der Waals surface area contributed by atoms with Crippen LogP contribution in [0.3, 0.4) is 0 Å². The van der Waals surface area contributed by atoms with Crippen LogP contribution in [0, 0.1) is 0 Å². The number of hydrogen-bond donors (Lipinski definition) is 1. The van der Waals surface area contributed by atoms with E-state index in [-0.39, 0.29) is 5.75 Å². The summed E-state index contributed by atoms with van der Waals surface area (Å²) in [4.78, 5) is 11.2. The topological polar surface area (TPSA) is 55.8 Å². The Labute approximate surface area is 92.2 Å². The number of thioether (sulfide) groups is 1. The molecule has 4 nitrogen and oxygen atoms in total. The summed E-state index contributed by atoms with van der Waals surface area (Å²) in [5.41, 5.74) is 0. The Bertz CT molecular complexity index is 351. The molecule has 0 aliphatic heterocycles. The smallest absolute Gasteiger partial charge is 0.313 e. The fraction of sp³-hybridized carbons (Fsp3) is 0.300. The molecule has 0 unspecified atom stereocenters. The number of aliphatic carboxylic acids is 1. The first-order valence-electron chi connectivity index (χ1n) is 4.24. The quantitative estimate of drug-likeness (QED) is 0.780. The van der Waals surface area contributed by atoms with E-state index in [0.29, 0.717) is 11.5 Å². The van der Waals surface area contributed by atoms with Crippen molar-refractivity contribution < 1.29 is 19.4 Å². The van der Waals surface area contributed by atoms with Gasteiger partial charge >= 0.3 is 5.97 Å². The molecular weight excluding hydrogens is 216 g/mol. The summed E-state index contributed by atoms with van der Waals surface area (Å²) in [6.45, 7) is 0. The molecule has 0 spiro atoms. The lowest BCUT2D eigenvalue weighted by Gasteiger charge is -2.08. The fourth-order valence-electron chi connectivity index (χ4n) is 1.05. The Morgan fingerprint density at radius 3 is 2.53 bits per heavy atom. The van der Waals surface area contributed by atoms with E-state index in [1.54, 1.807) is 32.4 Å². The Balaban J connectivity index is 2.78. The summed E-state index contributed by atoms with van der Waals surface area (Å²) in [7, 11) is 3.10. The highest BCUT2D eigenvalue weighted by atomic mass is 32.2. The highest BCUT2D eigenvalue weighted by Crippen LogP contribution is 2.31. The lowest BCUT2D eigenvalue weighted by molar-refractivity contribution is -0.133. The van der Waals surface area contributed by atoms with E-state index in [4.69, 9.17) is 14.6 Å². The third-order valence-corrected chi connectivity index (χ3v) is 2.70. The van der Waals surface area contributed by atoms with Crippen LogP contribution in [0.25, 0.3) is 0 Å². The number of benzene rings is 1. The second-order valence-electron chi connectivity index (χ2n) is 2.70. The van der Waals surface area contributed by atoms with Gasteiger partial charge in [-0.25, -0.2) is 0 Å². The maximum absolute atomic E-state index is 10.4. The Morgan fingerprint density at radius 2 is 2.00 bits per heavy atom. The van der Waals surface area contributed by atoms with Crippen molar-refractivity contribution in [2.75, 3.05) is 20.0 Å². The van der Waals surface area contributed by atoms with Crippen molar-refractivity contribution >= 4 is 17.7 Å². The van der Waals surface area contributed by atoms with Crippen LogP contribution in [0.5, 0.6) is 11.5 Å². The Morgan fingerprint density at radius 1 is 1.33 bits per heavy atom. The molecule has 0 fully saturated rings. The molecule has 1 rings (SSSR count). The summed E-state index contributed by atoms with van der Waals surface area (Å²) in [5.74, 6) is 0.440. The summed E-state index contributed by atoms with van der Waals surface area (Å²) < 4.78 is 10.2. The van der Waals surface area contributed by atoms with Gasteiger partial charge in [0.05, 0.1) is 20.0 Å². The summed E-state index contributed by atoms with van der Waals surface area (Å²) in [5, 5.41) is 8.53. The average Bonchev–Trinajstić information content (AvgIpc) is 2.25. The molecule has 1 aromatic carbocycles. The van der Waals surface area contributed by atoms with Gasteiger partial charge in [-0.2, -0.15) is 0 Å².